The molecule has 14 heteroatoms. The van der Waals surface area contributed by atoms with Crippen LogP contribution in [0.1, 0.15) is 37.4 Å². The lowest BCUT2D eigenvalue weighted by Gasteiger charge is -2.25. The SMILES string of the molecule is COc1cc2c(c(OC)c1OC)-c1ccc(N[C@@H](C)C(=O)NCCS(=O)(=O)N3CCSCC3)c(=O)cc1[C@@H](NC(C)=O)CC2. The zero-order valence-electron chi connectivity index (χ0n) is 25.7. The van der Waals surface area contributed by atoms with Crippen LogP contribution in [0, 0.1) is 0 Å². The Kier molecular flexibility index (Phi) is 11.0. The fourth-order valence-electron chi connectivity index (χ4n) is 5.54. The van der Waals surface area contributed by atoms with E-state index >= 15 is 0 Å². The molecule has 1 aliphatic heterocycles. The van der Waals surface area contributed by atoms with Gasteiger partial charge in [0.15, 0.2) is 11.5 Å². The summed E-state index contributed by atoms with van der Waals surface area (Å²) in [5.74, 6) is 1.97. The number of aryl methyl sites for hydroxylation is 1. The lowest BCUT2D eigenvalue weighted by Crippen LogP contribution is -2.44. The van der Waals surface area contributed by atoms with E-state index in [4.69, 9.17) is 14.2 Å². The molecule has 3 N–H and O–H groups in total. The van der Waals surface area contributed by atoms with Gasteiger partial charge in [-0.2, -0.15) is 11.8 Å². The Morgan fingerprint density at radius 2 is 1.77 bits per heavy atom. The monoisotopic (exact) mass is 648 g/mol. The van der Waals surface area contributed by atoms with Gasteiger partial charge in [0.25, 0.3) is 0 Å². The van der Waals surface area contributed by atoms with Gasteiger partial charge in [-0.1, -0.05) is 6.07 Å². The van der Waals surface area contributed by atoms with Crippen LogP contribution in [0.15, 0.2) is 29.1 Å². The summed E-state index contributed by atoms with van der Waals surface area (Å²) in [4.78, 5) is 38.6. The first-order chi connectivity index (χ1) is 21.0. The van der Waals surface area contributed by atoms with Crippen molar-refractivity contribution in [1.82, 2.24) is 14.9 Å². The van der Waals surface area contributed by atoms with Crippen molar-refractivity contribution in [3.05, 3.63) is 45.6 Å². The van der Waals surface area contributed by atoms with Crippen molar-refractivity contribution in [1.29, 1.82) is 0 Å². The van der Waals surface area contributed by atoms with E-state index in [0.717, 1.165) is 17.1 Å². The Hall–Kier alpha value is -3.49. The molecule has 2 aliphatic rings. The Morgan fingerprint density at radius 1 is 1.07 bits per heavy atom. The fraction of sp³-hybridized carbons (Fsp3) is 0.500. The molecule has 0 unspecified atom stereocenters. The first-order valence-electron chi connectivity index (χ1n) is 14.4. The van der Waals surface area contributed by atoms with Gasteiger partial charge in [0.1, 0.15) is 6.04 Å². The average molecular weight is 649 g/mol. The van der Waals surface area contributed by atoms with Crippen molar-refractivity contribution in [2.75, 3.05) is 63.5 Å². The summed E-state index contributed by atoms with van der Waals surface area (Å²) < 4.78 is 43.7. The second-order valence-corrected chi connectivity index (χ2v) is 13.9. The molecule has 1 fully saturated rings. The molecule has 0 aromatic heterocycles. The number of methoxy groups -OCH3 is 3. The van der Waals surface area contributed by atoms with Gasteiger partial charge in [-0.3, -0.25) is 14.4 Å². The summed E-state index contributed by atoms with van der Waals surface area (Å²) in [6, 6.07) is 5.40. The van der Waals surface area contributed by atoms with E-state index < -0.39 is 28.0 Å². The maximum atomic E-state index is 13.5. The van der Waals surface area contributed by atoms with Crippen LogP contribution < -0.4 is 35.6 Å². The van der Waals surface area contributed by atoms with E-state index in [1.54, 1.807) is 37.9 Å². The van der Waals surface area contributed by atoms with Crippen molar-refractivity contribution >= 4 is 39.3 Å². The summed E-state index contributed by atoms with van der Waals surface area (Å²) in [6.07, 6.45) is 1.08. The van der Waals surface area contributed by atoms with Crippen LogP contribution in [0.25, 0.3) is 11.1 Å². The molecule has 1 saturated heterocycles. The van der Waals surface area contributed by atoms with E-state index in [2.05, 4.69) is 16.0 Å². The van der Waals surface area contributed by atoms with Crippen LogP contribution in [-0.2, 0) is 26.0 Å². The highest BCUT2D eigenvalue weighted by molar-refractivity contribution is 7.99. The molecule has 2 atom stereocenters. The third-order valence-electron chi connectivity index (χ3n) is 7.70. The number of sulfonamides is 1. The quantitative estimate of drug-likeness (QED) is 0.331. The highest BCUT2D eigenvalue weighted by Gasteiger charge is 2.30. The molecule has 1 heterocycles. The van der Waals surface area contributed by atoms with Crippen LogP contribution in [0.2, 0.25) is 0 Å². The molecule has 4 rings (SSSR count). The fourth-order valence-corrected chi connectivity index (χ4v) is 8.03. The van der Waals surface area contributed by atoms with Crippen molar-refractivity contribution in [3.8, 4) is 28.4 Å². The third kappa shape index (κ3) is 7.41. The minimum Gasteiger partial charge on any atom is -0.493 e. The predicted molar refractivity (Wildman–Crippen MR) is 171 cm³/mol. The molecule has 0 saturated carbocycles. The minimum atomic E-state index is -3.47. The standard InChI is InChI=1S/C30H40N4O8S2/c1-18(30(37)31-10-15-44(38,39)34-11-13-43-14-12-34)32-24-9-7-21-22(17-25(24)36)23(33-19(2)35)8-6-20-16-26(40-3)28(41-4)29(42-5)27(20)21/h7,9,16-18,23H,6,8,10-15H2,1-5H3,(H,31,37)(H,32,36)(H,33,35)/t18-,23-/m0/s1. The number of fused-ring (bicyclic) bond motifs is 3. The lowest BCUT2D eigenvalue weighted by molar-refractivity contribution is -0.121. The number of hydrogen-bond donors (Lipinski definition) is 3. The minimum absolute atomic E-state index is 0.0435. The van der Waals surface area contributed by atoms with Gasteiger partial charge >= 0.3 is 0 Å². The number of nitrogens with one attached hydrogen (secondary N) is 3. The van der Waals surface area contributed by atoms with Crippen molar-refractivity contribution in [3.63, 3.8) is 0 Å². The van der Waals surface area contributed by atoms with Gasteiger partial charge < -0.3 is 30.2 Å². The first-order valence-corrected chi connectivity index (χ1v) is 17.1. The molecule has 0 radical (unpaired) electrons. The van der Waals surface area contributed by atoms with Crippen LogP contribution >= 0.6 is 11.8 Å². The highest BCUT2D eigenvalue weighted by Crippen LogP contribution is 2.50. The van der Waals surface area contributed by atoms with Gasteiger partial charge in [0, 0.05) is 43.6 Å². The van der Waals surface area contributed by atoms with Gasteiger partial charge in [-0.15, -0.1) is 0 Å². The topological polar surface area (TPSA) is 152 Å². The lowest BCUT2D eigenvalue weighted by atomic mass is 9.95. The van der Waals surface area contributed by atoms with Crippen LogP contribution in [0.4, 0.5) is 5.69 Å². The smallest absolute Gasteiger partial charge is 0.242 e. The molecule has 2 amide bonds. The van der Waals surface area contributed by atoms with E-state index in [-0.39, 0.29) is 29.3 Å². The molecule has 2 aromatic carbocycles. The van der Waals surface area contributed by atoms with Gasteiger partial charge in [0.05, 0.1) is 38.8 Å². The number of benzene rings is 1. The Morgan fingerprint density at radius 3 is 2.41 bits per heavy atom. The third-order valence-corrected chi connectivity index (χ3v) is 10.5. The molecular weight excluding hydrogens is 608 g/mol. The average Bonchev–Trinajstić information content (AvgIpc) is 3.24. The molecule has 44 heavy (non-hydrogen) atoms. The summed E-state index contributed by atoms with van der Waals surface area (Å²) in [6.45, 7) is 3.92. The van der Waals surface area contributed by atoms with Crippen molar-refractivity contribution in [2.24, 2.45) is 0 Å². The van der Waals surface area contributed by atoms with Crippen molar-refractivity contribution < 1.29 is 32.2 Å². The number of carbonyl (C=O) groups is 2. The zero-order valence-corrected chi connectivity index (χ0v) is 27.3. The normalized spacial score (nSPS) is 17.2. The zero-order chi connectivity index (χ0) is 32.0. The number of carbonyl (C=O) groups excluding carboxylic acids is 2. The molecular formula is C30H40N4O8S2. The Bertz CT molecular complexity index is 1560. The molecule has 0 bridgehead atoms. The Labute approximate surface area is 262 Å². The van der Waals surface area contributed by atoms with Crippen LogP contribution in [-0.4, -0.2) is 88.8 Å². The summed E-state index contributed by atoms with van der Waals surface area (Å²) >= 11 is 1.72. The van der Waals surface area contributed by atoms with E-state index in [1.807, 2.05) is 6.07 Å². The molecule has 0 spiro atoms. The molecule has 12 nitrogen and oxygen atoms in total. The molecule has 2 aromatic rings. The number of hydrogen-bond acceptors (Lipinski definition) is 10. The summed E-state index contributed by atoms with van der Waals surface area (Å²) in [5.41, 5.74) is 2.66. The predicted octanol–water partition coefficient (Wildman–Crippen LogP) is 2.16. The number of amides is 2. The summed E-state index contributed by atoms with van der Waals surface area (Å²) in [7, 11) is 1.12. The van der Waals surface area contributed by atoms with Gasteiger partial charge in [-0.05, 0) is 54.7 Å². The maximum absolute atomic E-state index is 13.5. The van der Waals surface area contributed by atoms with E-state index in [9.17, 15) is 22.8 Å². The number of ether oxygens (including phenoxy) is 3. The number of nitrogens with zero attached hydrogens (tertiary/aromatic N) is 1. The summed E-state index contributed by atoms with van der Waals surface area (Å²) in [5, 5.41) is 8.61. The van der Waals surface area contributed by atoms with Crippen LogP contribution in [0.3, 0.4) is 0 Å². The number of thioether (sulfide) groups is 1. The van der Waals surface area contributed by atoms with Gasteiger partial charge in [0.2, 0.25) is 33.0 Å². The first kappa shape index (κ1) is 33.4. The highest BCUT2D eigenvalue weighted by atomic mass is 32.2. The number of rotatable bonds is 11. The van der Waals surface area contributed by atoms with Crippen LogP contribution in [0.5, 0.6) is 17.2 Å². The molecule has 240 valence electrons. The maximum Gasteiger partial charge on any atom is 0.242 e. The second kappa shape index (κ2) is 14.5. The van der Waals surface area contributed by atoms with E-state index in [1.165, 1.54) is 31.5 Å². The number of anilines is 1. The second-order valence-electron chi connectivity index (χ2n) is 10.6. The van der Waals surface area contributed by atoms with Crippen molar-refractivity contribution in [2.45, 2.75) is 38.8 Å². The Balaban J connectivity index is 1.63. The molecule has 1 aliphatic carbocycles. The largest absolute Gasteiger partial charge is 0.493 e. The van der Waals surface area contributed by atoms with Gasteiger partial charge in [-0.25, -0.2) is 12.7 Å². The van der Waals surface area contributed by atoms with E-state index in [0.29, 0.717) is 59.9 Å².